The van der Waals surface area contributed by atoms with E-state index in [-0.39, 0.29) is 17.5 Å². The van der Waals surface area contributed by atoms with Gasteiger partial charge in [-0.1, -0.05) is 41.6 Å². The Balaban J connectivity index is 1.91. The molecule has 1 aromatic heterocycles. The van der Waals surface area contributed by atoms with Crippen molar-refractivity contribution in [1.29, 1.82) is 0 Å². The molecule has 0 spiro atoms. The van der Waals surface area contributed by atoms with E-state index in [0.717, 1.165) is 16.8 Å². The lowest BCUT2D eigenvalue weighted by molar-refractivity contribution is -0.115. The molecule has 0 aliphatic rings. The number of thioether (sulfide) groups is 1. The molecule has 0 radical (unpaired) electrons. The molecule has 0 saturated heterocycles. The predicted octanol–water partition coefficient (Wildman–Crippen LogP) is 5.02. The second-order valence-electron chi connectivity index (χ2n) is 7.70. The molecule has 3 aromatic rings. The minimum Gasteiger partial charge on any atom is -0.325 e. The number of benzene rings is 2. The van der Waals surface area contributed by atoms with Gasteiger partial charge in [0.2, 0.25) is 5.91 Å². The van der Waals surface area contributed by atoms with Crippen LogP contribution in [0, 0.1) is 20.8 Å². The molecule has 0 fully saturated rings. The van der Waals surface area contributed by atoms with Crippen LogP contribution in [0.15, 0.2) is 46.3 Å². The van der Waals surface area contributed by atoms with Crippen LogP contribution < -0.4 is 10.9 Å². The number of amides is 1. The lowest BCUT2D eigenvalue weighted by Crippen LogP contribution is -2.28. The third kappa shape index (κ3) is 4.37. The summed E-state index contributed by atoms with van der Waals surface area (Å²) in [5.41, 5.74) is 4.66. The van der Waals surface area contributed by atoms with Crippen molar-refractivity contribution >= 4 is 34.3 Å². The van der Waals surface area contributed by atoms with Crippen LogP contribution in [0.4, 0.5) is 5.69 Å². The Labute approximate surface area is 175 Å². The third-order valence-corrected chi connectivity index (χ3v) is 5.93. The maximum absolute atomic E-state index is 13.0. The second kappa shape index (κ2) is 8.41. The molecule has 0 aliphatic heterocycles. The SMILES string of the molecule is Cc1cc(C)c(NC(=O)C(C)Sc2nc3ccccc3c(=O)n2C(C)C)c(C)c1. The molecule has 5 nitrogen and oxygen atoms in total. The Hall–Kier alpha value is -2.60. The molecule has 2 aromatic carbocycles. The second-order valence-corrected chi connectivity index (χ2v) is 9.01. The van der Waals surface area contributed by atoms with E-state index in [2.05, 4.69) is 22.4 Å². The quantitative estimate of drug-likeness (QED) is 0.475. The molecule has 1 unspecified atom stereocenters. The molecule has 0 saturated carbocycles. The predicted molar refractivity (Wildman–Crippen MR) is 121 cm³/mol. The van der Waals surface area contributed by atoms with Crippen molar-refractivity contribution in [2.45, 2.75) is 58.0 Å². The number of carbonyl (C=O) groups excluding carboxylic acids is 1. The molecule has 0 aliphatic carbocycles. The first-order valence-corrected chi connectivity index (χ1v) is 10.6. The van der Waals surface area contributed by atoms with Crippen LogP contribution in [0.2, 0.25) is 0 Å². The summed E-state index contributed by atoms with van der Waals surface area (Å²) in [5, 5.41) is 3.79. The van der Waals surface area contributed by atoms with Gasteiger partial charge in [-0.2, -0.15) is 0 Å². The number of para-hydroxylation sites is 1. The summed E-state index contributed by atoms with van der Waals surface area (Å²) in [5.74, 6) is -0.109. The lowest BCUT2D eigenvalue weighted by Gasteiger charge is -2.19. The van der Waals surface area contributed by atoms with Gasteiger partial charge in [0.1, 0.15) is 0 Å². The molecule has 1 amide bonds. The van der Waals surface area contributed by atoms with Crippen molar-refractivity contribution in [3.63, 3.8) is 0 Å². The van der Waals surface area contributed by atoms with Crippen molar-refractivity contribution in [3.8, 4) is 0 Å². The largest absolute Gasteiger partial charge is 0.325 e. The van der Waals surface area contributed by atoms with Gasteiger partial charge in [0, 0.05) is 11.7 Å². The van der Waals surface area contributed by atoms with E-state index in [4.69, 9.17) is 0 Å². The van der Waals surface area contributed by atoms with Crippen molar-refractivity contribution in [2.24, 2.45) is 0 Å². The first-order chi connectivity index (χ1) is 13.7. The van der Waals surface area contributed by atoms with Gasteiger partial charge in [0.25, 0.3) is 5.56 Å². The molecular formula is C23H27N3O2S. The van der Waals surface area contributed by atoms with E-state index in [0.29, 0.717) is 16.1 Å². The summed E-state index contributed by atoms with van der Waals surface area (Å²) in [4.78, 5) is 30.5. The lowest BCUT2D eigenvalue weighted by atomic mass is 10.1. The Kier molecular flexibility index (Phi) is 6.13. The molecular weight excluding hydrogens is 382 g/mol. The number of carbonyl (C=O) groups is 1. The van der Waals surface area contributed by atoms with Gasteiger partial charge < -0.3 is 5.32 Å². The summed E-state index contributed by atoms with van der Waals surface area (Å²) in [6.45, 7) is 11.8. The van der Waals surface area contributed by atoms with Gasteiger partial charge >= 0.3 is 0 Å². The first-order valence-electron chi connectivity index (χ1n) is 9.75. The highest BCUT2D eigenvalue weighted by Crippen LogP contribution is 2.27. The first kappa shape index (κ1) is 21.1. The van der Waals surface area contributed by atoms with Gasteiger partial charge in [-0.15, -0.1) is 0 Å². The smallest absolute Gasteiger partial charge is 0.262 e. The van der Waals surface area contributed by atoms with Gasteiger partial charge in [0.15, 0.2) is 5.16 Å². The summed E-state index contributed by atoms with van der Waals surface area (Å²) in [6, 6.07) is 11.4. The van der Waals surface area contributed by atoms with Crippen LogP contribution in [0.25, 0.3) is 10.9 Å². The van der Waals surface area contributed by atoms with E-state index in [9.17, 15) is 9.59 Å². The zero-order valence-corrected chi connectivity index (χ0v) is 18.6. The topological polar surface area (TPSA) is 64.0 Å². The summed E-state index contributed by atoms with van der Waals surface area (Å²) in [7, 11) is 0. The fraction of sp³-hybridized carbons (Fsp3) is 0.348. The van der Waals surface area contributed by atoms with E-state index < -0.39 is 5.25 Å². The molecule has 152 valence electrons. The van der Waals surface area contributed by atoms with Crippen molar-refractivity contribution in [2.75, 3.05) is 5.32 Å². The number of aromatic nitrogens is 2. The average molecular weight is 410 g/mol. The summed E-state index contributed by atoms with van der Waals surface area (Å²) < 4.78 is 1.67. The van der Waals surface area contributed by atoms with Crippen LogP contribution in [-0.4, -0.2) is 20.7 Å². The molecule has 29 heavy (non-hydrogen) atoms. The minimum atomic E-state index is -0.409. The molecule has 0 bridgehead atoms. The van der Waals surface area contributed by atoms with Gasteiger partial charge in [0.05, 0.1) is 16.2 Å². The normalized spacial score (nSPS) is 12.4. The number of fused-ring (bicyclic) bond motifs is 1. The molecule has 1 N–H and O–H groups in total. The Bertz CT molecular complexity index is 1110. The number of hydrogen-bond acceptors (Lipinski definition) is 4. The van der Waals surface area contributed by atoms with Crippen molar-refractivity contribution in [3.05, 3.63) is 63.4 Å². The highest BCUT2D eigenvalue weighted by Gasteiger charge is 2.21. The maximum atomic E-state index is 13.0. The Morgan fingerprint density at radius 3 is 2.31 bits per heavy atom. The number of nitrogens with zero attached hydrogens (tertiary/aromatic N) is 2. The van der Waals surface area contributed by atoms with E-state index in [1.807, 2.05) is 59.7 Å². The average Bonchev–Trinajstić information content (AvgIpc) is 2.64. The van der Waals surface area contributed by atoms with E-state index >= 15 is 0 Å². The highest BCUT2D eigenvalue weighted by molar-refractivity contribution is 8.00. The van der Waals surface area contributed by atoms with Gasteiger partial charge in [-0.3, -0.25) is 14.2 Å². The van der Waals surface area contributed by atoms with Crippen LogP contribution in [0.1, 0.15) is 43.5 Å². The standard InChI is InChI=1S/C23H27N3O2S/c1-13(2)26-22(28)18-9-7-8-10-19(18)24-23(26)29-17(6)21(27)25-20-15(4)11-14(3)12-16(20)5/h7-13,17H,1-6H3,(H,25,27). The van der Waals surface area contributed by atoms with Crippen LogP contribution >= 0.6 is 11.8 Å². The summed E-state index contributed by atoms with van der Waals surface area (Å²) >= 11 is 1.31. The van der Waals surface area contributed by atoms with Gasteiger partial charge in [-0.25, -0.2) is 4.98 Å². The van der Waals surface area contributed by atoms with Gasteiger partial charge in [-0.05, 0) is 64.8 Å². The number of nitrogens with one attached hydrogen (secondary N) is 1. The van der Waals surface area contributed by atoms with Crippen LogP contribution in [-0.2, 0) is 4.79 Å². The Morgan fingerprint density at radius 1 is 1.07 bits per heavy atom. The van der Waals surface area contributed by atoms with E-state index in [1.165, 1.54) is 17.3 Å². The van der Waals surface area contributed by atoms with Crippen LogP contribution in [0.3, 0.4) is 0 Å². The van der Waals surface area contributed by atoms with Crippen molar-refractivity contribution in [1.82, 2.24) is 9.55 Å². The minimum absolute atomic E-state index is 0.0565. The fourth-order valence-electron chi connectivity index (χ4n) is 3.48. The zero-order valence-electron chi connectivity index (χ0n) is 17.7. The zero-order chi connectivity index (χ0) is 21.3. The summed E-state index contributed by atoms with van der Waals surface area (Å²) in [6.07, 6.45) is 0. The van der Waals surface area contributed by atoms with E-state index in [1.54, 1.807) is 10.6 Å². The molecule has 3 rings (SSSR count). The third-order valence-electron chi connectivity index (χ3n) is 4.87. The molecule has 1 atom stereocenters. The maximum Gasteiger partial charge on any atom is 0.262 e. The molecule has 6 heteroatoms. The number of rotatable bonds is 5. The fourth-order valence-corrected chi connectivity index (χ4v) is 4.52. The van der Waals surface area contributed by atoms with Crippen molar-refractivity contribution < 1.29 is 4.79 Å². The molecule has 1 heterocycles. The number of anilines is 1. The monoisotopic (exact) mass is 409 g/mol. The number of hydrogen-bond donors (Lipinski definition) is 1. The number of aryl methyl sites for hydroxylation is 3. The van der Waals surface area contributed by atoms with Crippen LogP contribution in [0.5, 0.6) is 0 Å². The highest BCUT2D eigenvalue weighted by atomic mass is 32.2. The Morgan fingerprint density at radius 2 is 1.69 bits per heavy atom.